The van der Waals surface area contributed by atoms with E-state index in [0.717, 1.165) is 12.1 Å². The minimum Gasteiger partial charge on any atom is -0.258 e. The lowest BCUT2D eigenvalue weighted by Gasteiger charge is -1.93. The van der Waals surface area contributed by atoms with Gasteiger partial charge >= 0.3 is 5.69 Å². The molecule has 0 fully saturated rings. The van der Waals surface area contributed by atoms with E-state index in [2.05, 4.69) is 11.8 Å². The predicted molar refractivity (Wildman–Crippen MR) is 50.2 cm³/mol. The van der Waals surface area contributed by atoms with Crippen molar-refractivity contribution < 1.29 is 9.31 Å². The summed E-state index contributed by atoms with van der Waals surface area (Å²) in [5, 5.41) is 18.5. The second-order valence-electron chi connectivity index (χ2n) is 2.56. The van der Waals surface area contributed by atoms with Gasteiger partial charge in [0.2, 0.25) is 5.82 Å². The molecule has 0 aliphatic carbocycles. The number of rotatable bonds is 1. The van der Waals surface area contributed by atoms with Gasteiger partial charge in [0.15, 0.2) is 0 Å². The van der Waals surface area contributed by atoms with Gasteiger partial charge in [0.25, 0.3) is 0 Å². The molecule has 1 rings (SSSR count). The van der Waals surface area contributed by atoms with Gasteiger partial charge in [0.1, 0.15) is 0 Å². The summed E-state index contributed by atoms with van der Waals surface area (Å²) in [4.78, 5) is 9.48. The molecule has 0 spiro atoms. The minimum absolute atomic E-state index is 0.0403. The molecule has 0 heterocycles. The van der Waals surface area contributed by atoms with Crippen LogP contribution in [0.2, 0.25) is 0 Å². The van der Waals surface area contributed by atoms with Crippen LogP contribution in [0, 0.1) is 39.1 Å². The minimum atomic E-state index is -0.927. The predicted octanol–water partition coefficient (Wildman–Crippen LogP) is 2.00. The first-order valence-corrected chi connectivity index (χ1v) is 3.95. The van der Waals surface area contributed by atoms with Crippen molar-refractivity contribution in [1.82, 2.24) is 0 Å². The normalized spacial score (nSPS) is 8.53. The van der Waals surface area contributed by atoms with Crippen LogP contribution >= 0.6 is 0 Å². The molecule has 0 unspecified atom stereocenters. The van der Waals surface area contributed by atoms with Crippen LogP contribution < -0.4 is 0 Å². The van der Waals surface area contributed by atoms with Crippen LogP contribution in [-0.4, -0.2) is 4.92 Å². The number of nitrogens with zero attached hydrogens (tertiary/aromatic N) is 2. The first-order valence-electron chi connectivity index (χ1n) is 3.95. The molecule has 1 aromatic rings. The summed E-state index contributed by atoms with van der Waals surface area (Å²) in [5.74, 6) is 4.07. The van der Waals surface area contributed by atoms with Gasteiger partial charge in [-0.2, -0.15) is 9.65 Å². The molecule has 74 valence electrons. The number of halogens is 1. The first kappa shape index (κ1) is 10.7. The highest BCUT2D eigenvalue weighted by Crippen LogP contribution is 2.17. The third-order valence-corrected chi connectivity index (χ3v) is 1.54. The van der Waals surface area contributed by atoms with Crippen LogP contribution in [0.25, 0.3) is 0 Å². The van der Waals surface area contributed by atoms with E-state index in [9.17, 15) is 14.5 Å². The van der Waals surface area contributed by atoms with Crippen molar-refractivity contribution in [2.24, 2.45) is 0 Å². The lowest BCUT2D eigenvalue weighted by molar-refractivity contribution is -0.387. The van der Waals surface area contributed by atoms with E-state index in [1.165, 1.54) is 6.07 Å². The fourth-order valence-electron chi connectivity index (χ4n) is 0.919. The second-order valence-corrected chi connectivity index (χ2v) is 2.56. The molecule has 0 aliphatic rings. The van der Waals surface area contributed by atoms with Crippen LogP contribution in [-0.2, 0) is 0 Å². The van der Waals surface area contributed by atoms with E-state index in [1.807, 2.05) is 0 Å². The highest BCUT2D eigenvalue weighted by Gasteiger charge is 2.12. The molecule has 0 radical (unpaired) electrons. The van der Waals surface area contributed by atoms with Crippen molar-refractivity contribution in [3.63, 3.8) is 0 Å². The average Bonchev–Trinajstić information content (AvgIpc) is 2.17. The zero-order valence-corrected chi connectivity index (χ0v) is 7.53. The lowest BCUT2D eigenvalue weighted by atomic mass is 10.2. The third-order valence-electron chi connectivity index (χ3n) is 1.54. The van der Waals surface area contributed by atoms with Crippen LogP contribution in [0.15, 0.2) is 18.2 Å². The maximum absolute atomic E-state index is 13.0. The molecule has 0 atom stereocenters. The van der Waals surface area contributed by atoms with Gasteiger partial charge in [-0.1, -0.05) is 11.8 Å². The molecule has 5 heteroatoms. The monoisotopic (exact) mass is 204 g/mol. The molecule has 0 saturated carbocycles. The fraction of sp³-hybridized carbons (Fsp3) is 0.100. The summed E-state index contributed by atoms with van der Waals surface area (Å²) in [7, 11) is 0. The third kappa shape index (κ3) is 2.78. The van der Waals surface area contributed by atoms with Gasteiger partial charge < -0.3 is 0 Å². The Balaban J connectivity index is 2.99. The van der Waals surface area contributed by atoms with Gasteiger partial charge in [-0.05, 0) is 12.1 Å². The summed E-state index contributed by atoms with van der Waals surface area (Å²) in [5.41, 5.74) is -0.269. The summed E-state index contributed by atoms with van der Waals surface area (Å²) in [6.45, 7) is 0. The van der Waals surface area contributed by atoms with Gasteiger partial charge in [-0.25, -0.2) is 0 Å². The summed E-state index contributed by atoms with van der Waals surface area (Å²) in [6, 6.07) is 5.17. The van der Waals surface area contributed by atoms with Crippen LogP contribution in [0.3, 0.4) is 0 Å². The van der Waals surface area contributed by atoms with Crippen LogP contribution in [0.5, 0.6) is 0 Å². The van der Waals surface area contributed by atoms with Crippen LogP contribution in [0.4, 0.5) is 10.1 Å². The van der Waals surface area contributed by atoms with E-state index < -0.39 is 16.4 Å². The molecule has 4 nitrogen and oxygen atoms in total. The van der Waals surface area contributed by atoms with Crippen molar-refractivity contribution in [1.29, 1.82) is 5.26 Å². The lowest BCUT2D eigenvalue weighted by Crippen LogP contribution is -1.92. The van der Waals surface area contributed by atoms with Gasteiger partial charge in [0.05, 0.1) is 17.4 Å². The zero-order valence-electron chi connectivity index (χ0n) is 7.53. The highest BCUT2D eigenvalue weighted by molar-refractivity contribution is 5.42. The first-order chi connectivity index (χ1) is 7.15. The molecule has 15 heavy (non-hydrogen) atoms. The number of hydrogen-bond acceptors (Lipinski definition) is 3. The second kappa shape index (κ2) is 4.73. The molecule has 1 aromatic carbocycles. The number of hydrogen-bond donors (Lipinski definition) is 0. The van der Waals surface area contributed by atoms with Gasteiger partial charge in [0, 0.05) is 11.6 Å². The Morgan fingerprint density at radius 2 is 2.27 bits per heavy atom. The Morgan fingerprint density at radius 3 is 2.80 bits per heavy atom. The van der Waals surface area contributed by atoms with Gasteiger partial charge in [-0.3, -0.25) is 10.1 Å². The largest absolute Gasteiger partial charge is 0.304 e. The number of nitro benzene ring substituents is 1. The highest BCUT2D eigenvalue weighted by atomic mass is 19.1. The smallest absolute Gasteiger partial charge is 0.258 e. The Labute approximate surface area is 85.1 Å². The van der Waals surface area contributed by atoms with Crippen molar-refractivity contribution >= 4 is 5.69 Å². The van der Waals surface area contributed by atoms with Gasteiger partial charge in [-0.15, -0.1) is 0 Å². The number of benzene rings is 1. The SMILES string of the molecule is N#CCC#Cc1ccc([N+](=O)[O-])c(F)c1. The molecule has 0 saturated heterocycles. The maximum Gasteiger partial charge on any atom is 0.304 e. The van der Waals surface area contributed by atoms with E-state index in [-0.39, 0.29) is 6.42 Å². The Morgan fingerprint density at radius 1 is 1.53 bits per heavy atom. The molecule has 0 N–H and O–H groups in total. The van der Waals surface area contributed by atoms with E-state index in [0.29, 0.717) is 5.56 Å². The fourth-order valence-corrected chi connectivity index (χ4v) is 0.919. The van der Waals surface area contributed by atoms with Crippen molar-refractivity contribution in [3.05, 3.63) is 39.7 Å². The quantitative estimate of drug-likeness (QED) is 0.399. The standard InChI is InChI=1S/C10H5FN2O2/c11-9-7-8(3-1-2-6-12)4-5-10(9)13(14)15/h4-5,7H,2H2. The van der Waals surface area contributed by atoms with Crippen molar-refractivity contribution in [3.8, 4) is 17.9 Å². The van der Waals surface area contributed by atoms with Crippen molar-refractivity contribution in [2.45, 2.75) is 6.42 Å². The van der Waals surface area contributed by atoms with Crippen molar-refractivity contribution in [2.75, 3.05) is 0 Å². The summed E-state index contributed by atoms with van der Waals surface area (Å²) < 4.78 is 13.0. The average molecular weight is 204 g/mol. The number of nitro groups is 1. The molecule has 0 aromatic heterocycles. The number of nitriles is 1. The topological polar surface area (TPSA) is 66.9 Å². The molecule has 0 amide bonds. The molecular weight excluding hydrogens is 199 g/mol. The molecule has 0 bridgehead atoms. The van der Waals surface area contributed by atoms with E-state index in [1.54, 1.807) is 6.07 Å². The Hall–Kier alpha value is -2.40. The van der Waals surface area contributed by atoms with Crippen LogP contribution in [0.1, 0.15) is 12.0 Å². The zero-order chi connectivity index (χ0) is 11.3. The maximum atomic E-state index is 13.0. The van der Waals surface area contributed by atoms with E-state index >= 15 is 0 Å². The van der Waals surface area contributed by atoms with E-state index in [4.69, 9.17) is 5.26 Å². The summed E-state index contributed by atoms with van der Waals surface area (Å²) >= 11 is 0. The summed E-state index contributed by atoms with van der Waals surface area (Å²) in [6.07, 6.45) is 0.0403. The Bertz CT molecular complexity index is 494. The Kier molecular flexibility index (Phi) is 3.37. The molecule has 0 aliphatic heterocycles. The molecular formula is C10H5FN2O2.